The Morgan fingerprint density at radius 1 is 1.37 bits per heavy atom. The van der Waals surface area contributed by atoms with Crippen LogP contribution in [0, 0.1) is 6.92 Å². The van der Waals surface area contributed by atoms with Crippen LogP contribution in [0.25, 0.3) is 0 Å². The zero-order valence-electron chi connectivity index (χ0n) is 11.5. The number of aryl methyl sites for hydroxylation is 1. The number of halogens is 1. The summed E-state index contributed by atoms with van der Waals surface area (Å²) < 4.78 is 5.31. The number of nitrogens with two attached hydrogens (primary N) is 1. The minimum absolute atomic E-state index is 0.00651. The van der Waals surface area contributed by atoms with Crippen LogP contribution in [0.2, 0.25) is 5.02 Å². The van der Waals surface area contributed by atoms with Gasteiger partial charge in [0.15, 0.2) is 0 Å². The molecule has 0 amide bonds. The van der Waals surface area contributed by atoms with Crippen molar-refractivity contribution in [3.05, 3.63) is 52.4 Å². The first-order chi connectivity index (χ1) is 8.99. The van der Waals surface area contributed by atoms with Gasteiger partial charge in [-0.25, -0.2) is 0 Å². The van der Waals surface area contributed by atoms with Gasteiger partial charge in [0.05, 0.1) is 17.0 Å². The van der Waals surface area contributed by atoms with Crippen molar-refractivity contribution in [3.63, 3.8) is 0 Å². The number of benzene rings is 1. The first kappa shape index (κ1) is 14.0. The summed E-state index contributed by atoms with van der Waals surface area (Å²) in [4.78, 5) is 2.10. The van der Waals surface area contributed by atoms with Gasteiger partial charge in [-0.2, -0.15) is 0 Å². The van der Waals surface area contributed by atoms with Crippen LogP contribution in [-0.4, -0.2) is 7.05 Å². The Bertz CT molecular complexity index is 563. The van der Waals surface area contributed by atoms with Gasteiger partial charge in [0.25, 0.3) is 0 Å². The Kier molecular flexibility index (Phi) is 4.17. The number of anilines is 1. The minimum atomic E-state index is -0.00651. The average Bonchev–Trinajstić information content (AvgIpc) is 2.74. The third-order valence-electron chi connectivity index (χ3n) is 3.28. The van der Waals surface area contributed by atoms with Crippen molar-refractivity contribution in [2.45, 2.75) is 26.4 Å². The van der Waals surface area contributed by atoms with Gasteiger partial charge in [0, 0.05) is 25.2 Å². The van der Waals surface area contributed by atoms with Crippen molar-refractivity contribution in [1.82, 2.24) is 0 Å². The third kappa shape index (κ3) is 3.11. The van der Waals surface area contributed by atoms with Gasteiger partial charge in [-0.1, -0.05) is 17.7 Å². The van der Waals surface area contributed by atoms with E-state index in [4.69, 9.17) is 21.8 Å². The van der Waals surface area contributed by atoms with Gasteiger partial charge in [0.2, 0.25) is 0 Å². The summed E-state index contributed by atoms with van der Waals surface area (Å²) in [5.41, 5.74) is 9.05. The molecule has 0 aliphatic carbocycles. The third-order valence-corrected chi connectivity index (χ3v) is 3.59. The van der Waals surface area contributed by atoms with E-state index in [1.807, 2.05) is 45.2 Å². The molecule has 1 aromatic heterocycles. The van der Waals surface area contributed by atoms with Crippen LogP contribution < -0.4 is 10.6 Å². The highest BCUT2D eigenvalue weighted by atomic mass is 35.5. The van der Waals surface area contributed by atoms with Crippen molar-refractivity contribution >= 4 is 17.3 Å². The Hall–Kier alpha value is -1.45. The summed E-state index contributed by atoms with van der Waals surface area (Å²) in [6, 6.07) is 7.94. The van der Waals surface area contributed by atoms with E-state index in [1.165, 1.54) is 0 Å². The Morgan fingerprint density at radius 2 is 2.11 bits per heavy atom. The van der Waals surface area contributed by atoms with Gasteiger partial charge < -0.3 is 15.1 Å². The molecule has 1 atom stereocenters. The number of furan rings is 1. The molecule has 19 heavy (non-hydrogen) atoms. The molecule has 0 spiro atoms. The van der Waals surface area contributed by atoms with Crippen molar-refractivity contribution < 1.29 is 4.42 Å². The van der Waals surface area contributed by atoms with Crippen LogP contribution in [-0.2, 0) is 6.54 Å². The molecule has 0 radical (unpaired) electrons. The van der Waals surface area contributed by atoms with Crippen LogP contribution in [0.5, 0.6) is 0 Å². The topological polar surface area (TPSA) is 42.4 Å². The minimum Gasteiger partial charge on any atom is -0.469 e. The van der Waals surface area contributed by atoms with Gasteiger partial charge in [-0.05, 0) is 37.6 Å². The molecule has 1 aromatic carbocycles. The van der Waals surface area contributed by atoms with Gasteiger partial charge in [0.1, 0.15) is 5.76 Å². The lowest BCUT2D eigenvalue weighted by Crippen LogP contribution is -2.17. The van der Waals surface area contributed by atoms with E-state index in [0.29, 0.717) is 0 Å². The second kappa shape index (κ2) is 5.68. The van der Waals surface area contributed by atoms with Gasteiger partial charge >= 0.3 is 0 Å². The Labute approximate surface area is 119 Å². The second-order valence-electron chi connectivity index (χ2n) is 4.86. The molecule has 102 valence electrons. The molecular weight excluding hydrogens is 260 g/mol. The van der Waals surface area contributed by atoms with Crippen LogP contribution in [0.3, 0.4) is 0 Å². The smallest absolute Gasteiger partial charge is 0.105 e. The predicted octanol–water partition coefficient (Wildman–Crippen LogP) is 3.90. The average molecular weight is 279 g/mol. The zero-order chi connectivity index (χ0) is 14.0. The van der Waals surface area contributed by atoms with E-state index in [2.05, 4.69) is 4.90 Å². The van der Waals surface area contributed by atoms with Gasteiger partial charge in [-0.15, -0.1) is 0 Å². The normalized spacial score (nSPS) is 12.5. The van der Waals surface area contributed by atoms with Crippen molar-refractivity contribution in [2.75, 3.05) is 11.9 Å². The SMILES string of the molecule is Cc1occc1CN(C)c1ccc([C@@H](C)N)cc1Cl. The van der Waals surface area contributed by atoms with E-state index >= 15 is 0 Å². The molecule has 2 N–H and O–H groups in total. The molecule has 0 aliphatic rings. The summed E-state index contributed by atoms with van der Waals surface area (Å²) in [5, 5.41) is 0.721. The number of hydrogen-bond acceptors (Lipinski definition) is 3. The maximum atomic E-state index is 6.33. The first-order valence-corrected chi connectivity index (χ1v) is 6.66. The molecule has 0 bridgehead atoms. The molecule has 0 saturated heterocycles. The molecule has 4 heteroatoms. The molecule has 0 unspecified atom stereocenters. The molecule has 0 fully saturated rings. The maximum Gasteiger partial charge on any atom is 0.105 e. The zero-order valence-corrected chi connectivity index (χ0v) is 12.2. The van der Waals surface area contributed by atoms with E-state index in [9.17, 15) is 0 Å². The second-order valence-corrected chi connectivity index (χ2v) is 5.26. The molecule has 3 nitrogen and oxygen atoms in total. The quantitative estimate of drug-likeness (QED) is 0.922. The molecular formula is C15H19ClN2O. The lowest BCUT2D eigenvalue weighted by atomic mass is 10.1. The number of rotatable bonds is 4. The predicted molar refractivity (Wildman–Crippen MR) is 79.6 cm³/mol. The van der Waals surface area contributed by atoms with E-state index in [-0.39, 0.29) is 6.04 Å². The lowest BCUT2D eigenvalue weighted by molar-refractivity contribution is 0.529. The molecule has 0 aliphatic heterocycles. The van der Waals surface area contributed by atoms with Crippen molar-refractivity contribution in [2.24, 2.45) is 5.73 Å². The highest BCUT2D eigenvalue weighted by molar-refractivity contribution is 6.33. The summed E-state index contributed by atoms with van der Waals surface area (Å²) in [7, 11) is 2.01. The Morgan fingerprint density at radius 3 is 2.63 bits per heavy atom. The highest BCUT2D eigenvalue weighted by Gasteiger charge is 2.11. The van der Waals surface area contributed by atoms with Crippen molar-refractivity contribution in [3.8, 4) is 0 Å². The lowest BCUT2D eigenvalue weighted by Gasteiger charge is -2.21. The molecule has 1 heterocycles. The standard InChI is InChI=1S/C15H19ClN2O/c1-10(17)12-4-5-15(14(16)8-12)18(3)9-13-6-7-19-11(13)2/h4-8,10H,9,17H2,1-3H3/t10-/m1/s1. The first-order valence-electron chi connectivity index (χ1n) is 6.28. The van der Waals surface area contributed by atoms with Crippen LogP contribution >= 0.6 is 11.6 Å². The van der Waals surface area contributed by atoms with Crippen LogP contribution in [0.4, 0.5) is 5.69 Å². The van der Waals surface area contributed by atoms with Crippen LogP contribution in [0.15, 0.2) is 34.9 Å². The van der Waals surface area contributed by atoms with E-state index in [0.717, 1.165) is 34.1 Å². The van der Waals surface area contributed by atoms with Gasteiger partial charge in [-0.3, -0.25) is 0 Å². The fraction of sp³-hybridized carbons (Fsp3) is 0.333. The fourth-order valence-electron chi connectivity index (χ4n) is 2.03. The number of hydrogen-bond donors (Lipinski definition) is 1. The largest absolute Gasteiger partial charge is 0.469 e. The monoisotopic (exact) mass is 278 g/mol. The Balaban J connectivity index is 2.20. The molecule has 0 saturated carbocycles. The molecule has 2 rings (SSSR count). The summed E-state index contributed by atoms with van der Waals surface area (Å²) >= 11 is 6.33. The summed E-state index contributed by atoms with van der Waals surface area (Å²) in [6.45, 7) is 4.67. The summed E-state index contributed by atoms with van der Waals surface area (Å²) in [6.07, 6.45) is 1.71. The van der Waals surface area contributed by atoms with E-state index < -0.39 is 0 Å². The maximum absolute atomic E-state index is 6.33. The molecule has 2 aromatic rings. The van der Waals surface area contributed by atoms with E-state index in [1.54, 1.807) is 6.26 Å². The fourth-order valence-corrected chi connectivity index (χ4v) is 2.37. The number of nitrogens with zero attached hydrogens (tertiary/aromatic N) is 1. The van der Waals surface area contributed by atoms with Crippen LogP contribution in [0.1, 0.15) is 29.9 Å². The highest BCUT2D eigenvalue weighted by Crippen LogP contribution is 2.29. The summed E-state index contributed by atoms with van der Waals surface area (Å²) in [5.74, 6) is 0.940. The van der Waals surface area contributed by atoms with Crippen molar-refractivity contribution in [1.29, 1.82) is 0 Å².